The Labute approximate surface area is 85.9 Å². The van der Waals surface area contributed by atoms with Crippen molar-refractivity contribution in [2.45, 2.75) is 0 Å². The summed E-state index contributed by atoms with van der Waals surface area (Å²) in [6, 6.07) is 0. The minimum absolute atomic E-state index is 1.07. The van der Waals surface area contributed by atoms with Crippen molar-refractivity contribution in [3.05, 3.63) is 11.7 Å². The van der Waals surface area contributed by atoms with Crippen molar-refractivity contribution in [3.63, 3.8) is 0 Å². The highest BCUT2D eigenvalue weighted by Crippen LogP contribution is 2.31. The molecule has 0 aliphatic carbocycles. The highest BCUT2D eigenvalue weighted by molar-refractivity contribution is 7.16. The molecule has 0 spiro atoms. The summed E-state index contributed by atoms with van der Waals surface area (Å²) in [6.07, 6.45) is 1.77. The molecule has 0 bridgehead atoms. The number of aromatic amines is 1. The minimum atomic E-state index is 1.07. The van der Waals surface area contributed by atoms with Gasteiger partial charge in [-0.15, -0.1) is 11.3 Å². The molecule has 0 amide bonds. The Morgan fingerprint density at radius 2 is 2.21 bits per heavy atom. The maximum atomic E-state index is 4.35. The van der Waals surface area contributed by atoms with Gasteiger partial charge in [0.25, 0.3) is 0 Å². The highest BCUT2D eigenvalue weighted by atomic mass is 32.1. The van der Waals surface area contributed by atoms with Gasteiger partial charge in [0.1, 0.15) is 10.5 Å². The maximum absolute atomic E-state index is 4.35. The van der Waals surface area contributed by atoms with E-state index in [0.717, 1.165) is 37.2 Å². The zero-order valence-electron chi connectivity index (χ0n) is 7.79. The number of nitrogens with one attached hydrogen (secondary N) is 2. The normalized spacial score (nSPS) is 17.9. The third-order valence-corrected chi connectivity index (χ3v) is 3.59. The minimum Gasteiger partial charge on any atom is -0.359 e. The van der Waals surface area contributed by atoms with Crippen LogP contribution < -0.4 is 10.2 Å². The zero-order valence-corrected chi connectivity index (χ0v) is 8.60. The van der Waals surface area contributed by atoms with Crippen LogP contribution in [0.4, 0.5) is 5.00 Å². The zero-order chi connectivity index (χ0) is 9.38. The number of rotatable bonds is 1. The number of hydrogen-bond acceptors (Lipinski definition) is 4. The Bertz CT molecular complexity index is 427. The fourth-order valence-corrected chi connectivity index (χ4v) is 2.84. The second kappa shape index (κ2) is 3.25. The second-order valence-corrected chi connectivity index (χ2v) is 4.30. The van der Waals surface area contributed by atoms with E-state index in [9.17, 15) is 0 Å². The summed E-state index contributed by atoms with van der Waals surface area (Å²) in [5.41, 5.74) is 2.28. The van der Waals surface area contributed by atoms with Gasteiger partial charge in [-0.2, -0.15) is 0 Å². The topological polar surface area (TPSA) is 44.0 Å². The number of piperazine rings is 1. The van der Waals surface area contributed by atoms with Gasteiger partial charge in [0.2, 0.25) is 0 Å². The summed E-state index contributed by atoms with van der Waals surface area (Å²) < 4.78 is 0. The summed E-state index contributed by atoms with van der Waals surface area (Å²) in [5, 5.41) is 6.80. The van der Waals surface area contributed by atoms with Crippen molar-refractivity contribution in [2.24, 2.45) is 0 Å². The molecule has 0 atom stereocenters. The Morgan fingerprint density at radius 1 is 1.36 bits per heavy atom. The van der Waals surface area contributed by atoms with E-state index >= 15 is 0 Å². The van der Waals surface area contributed by atoms with Crippen LogP contribution >= 0.6 is 11.3 Å². The molecule has 3 rings (SSSR count). The fourth-order valence-electron chi connectivity index (χ4n) is 1.83. The van der Waals surface area contributed by atoms with Crippen molar-refractivity contribution in [1.82, 2.24) is 15.3 Å². The largest absolute Gasteiger partial charge is 0.359 e. The molecule has 2 aromatic heterocycles. The Kier molecular flexibility index (Phi) is 1.92. The van der Waals surface area contributed by atoms with E-state index in [1.807, 2.05) is 0 Å². The van der Waals surface area contributed by atoms with Crippen LogP contribution in [0, 0.1) is 0 Å². The molecule has 1 aliphatic rings. The second-order valence-electron chi connectivity index (χ2n) is 3.44. The van der Waals surface area contributed by atoms with Gasteiger partial charge in [-0.1, -0.05) is 0 Å². The summed E-state index contributed by atoms with van der Waals surface area (Å²) in [6.45, 7) is 4.32. The van der Waals surface area contributed by atoms with Crippen molar-refractivity contribution in [1.29, 1.82) is 0 Å². The predicted molar refractivity (Wildman–Crippen MR) is 59.1 cm³/mol. The van der Waals surface area contributed by atoms with Crippen LogP contribution in [0.3, 0.4) is 0 Å². The average Bonchev–Trinajstić information content (AvgIpc) is 2.79. The van der Waals surface area contributed by atoms with Crippen molar-refractivity contribution >= 4 is 27.4 Å². The predicted octanol–water partition coefficient (Wildman–Crippen LogP) is 1.03. The molecular formula is C9H12N4S. The lowest BCUT2D eigenvalue weighted by molar-refractivity contribution is 0.592. The number of H-pyrrole nitrogens is 1. The van der Waals surface area contributed by atoms with E-state index in [1.54, 1.807) is 17.7 Å². The highest BCUT2D eigenvalue weighted by Gasteiger charge is 2.15. The summed E-state index contributed by atoms with van der Waals surface area (Å²) >= 11 is 1.78. The smallest absolute Gasteiger partial charge is 0.123 e. The molecule has 1 saturated heterocycles. The standard InChI is InChI=1S/C9H12N4S/c1-3-13(4-2-10-1)9-8-7(5-14-9)11-6-12-8/h5-6,10H,1-4H2,(H,11,12). The number of fused-ring (bicyclic) bond motifs is 1. The van der Waals surface area contributed by atoms with E-state index in [-0.39, 0.29) is 0 Å². The average molecular weight is 208 g/mol. The third kappa shape index (κ3) is 1.20. The van der Waals surface area contributed by atoms with Crippen molar-refractivity contribution < 1.29 is 0 Å². The molecule has 5 heteroatoms. The summed E-state index contributed by atoms with van der Waals surface area (Å²) in [5.74, 6) is 0. The first-order valence-corrected chi connectivity index (χ1v) is 5.69. The van der Waals surface area contributed by atoms with Gasteiger partial charge in [0.05, 0.1) is 11.8 Å². The number of anilines is 1. The van der Waals surface area contributed by atoms with Gasteiger partial charge < -0.3 is 15.2 Å². The molecule has 0 unspecified atom stereocenters. The van der Waals surface area contributed by atoms with E-state index < -0.39 is 0 Å². The quantitative estimate of drug-likeness (QED) is 0.736. The Hall–Kier alpha value is -1.07. The lowest BCUT2D eigenvalue weighted by atomic mass is 10.3. The lowest BCUT2D eigenvalue weighted by Crippen LogP contribution is -2.43. The molecule has 4 nitrogen and oxygen atoms in total. The van der Waals surface area contributed by atoms with Crippen molar-refractivity contribution in [3.8, 4) is 0 Å². The molecule has 2 N–H and O–H groups in total. The van der Waals surface area contributed by atoms with Gasteiger partial charge >= 0.3 is 0 Å². The third-order valence-electron chi connectivity index (χ3n) is 2.56. The van der Waals surface area contributed by atoms with Gasteiger partial charge in [0, 0.05) is 31.6 Å². The summed E-state index contributed by atoms with van der Waals surface area (Å²) in [7, 11) is 0. The number of hydrogen-bond donors (Lipinski definition) is 2. The molecule has 3 heterocycles. The molecule has 1 fully saturated rings. The molecule has 0 aromatic carbocycles. The van der Waals surface area contributed by atoms with Gasteiger partial charge in [0.15, 0.2) is 0 Å². The van der Waals surface area contributed by atoms with Crippen LogP contribution in [0.5, 0.6) is 0 Å². The summed E-state index contributed by atoms with van der Waals surface area (Å²) in [4.78, 5) is 9.89. The molecule has 74 valence electrons. The van der Waals surface area contributed by atoms with Gasteiger partial charge in [-0.3, -0.25) is 0 Å². The molecule has 2 aromatic rings. The SMILES string of the molecule is c1nc2c(N3CCNCC3)scc2[nH]1. The number of nitrogens with zero attached hydrogens (tertiary/aromatic N) is 2. The Morgan fingerprint density at radius 3 is 3.07 bits per heavy atom. The first kappa shape index (κ1) is 8.26. The van der Waals surface area contributed by atoms with E-state index in [1.165, 1.54) is 5.00 Å². The van der Waals surface area contributed by atoms with E-state index in [0.29, 0.717) is 0 Å². The molecule has 1 aliphatic heterocycles. The van der Waals surface area contributed by atoms with Gasteiger partial charge in [-0.05, 0) is 0 Å². The number of imidazole rings is 1. The van der Waals surface area contributed by atoms with Crippen LogP contribution in [0.1, 0.15) is 0 Å². The maximum Gasteiger partial charge on any atom is 0.123 e. The number of thiophene rings is 1. The van der Waals surface area contributed by atoms with Crippen LogP contribution in [0.15, 0.2) is 11.7 Å². The van der Waals surface area contributed by atoms with E-state index in [2.05, 4.69) is 25.6 Å². The van der Waals surface area contributed by atoms with Crippen LogP contribution in [-0.4, -0.2) is 36.1 Å². The lowest BCUT2D eigenvalue weighted by Gasteiger charge is -2.27. The Balaban J connectivity index is 1.99. The van der Waals surface area contributed by atoms with Crippen molar-refractivity contribution in [2.75, 3.05) is 31.1 Å². The van der Waals surface area contributed by atoms with Crippen LogP contribution in [0.2, 0.25) is 0 Å². The monoisotopic (exact) mass is 208 g/mol. The first-order valence-electron chi connectivity index (χ1n) is 4.81. The molecule has 0 radical (unpaired) electrons. The van der Waals surface area contributed by atoms with Crippen LogP contribution in [0.25, 0.3) is 11.0 Å². The molecular weight excluding hydrogens is 196 g/mol. The van der Waals surface area contributed by atoms with Gasteiger partial charge in [-0.25, -0.2) is 4.98 Å². The fraction of sp³-hybridized carbons (Fsp3) is 0.444. The first-order chi connectivity index (χ1) is 6.95. The van der Waals surface area contributed by atoms with E-state index in [4.69, 9.17) is 0 Å². The molecule has 14 heavy (non-hydrogen) atoms. The van der Waals surface area contributed by atoms with Crippen LogP contribution in [-0.2, 0) is 0 Å². The number of aromatic nitrogens is 2. The molecule has 0 saturated carbocycles.